The van der Waals surface area contributed by atoms with Crippen molar-refractivity contribution in [2.75, 3.05) is 33.2 Å². The van der Waals surface area contributed by atoms with Gasteiger partial charge in [0.15, 0.2) is 0 Å². The van der Waals surface area contributed by atoms with Gasteiger partial charge in [-0.1, -0.05) is 6.07 Å². The van der Waals surface area contributed by atoms with E-state index in [-0.39, 0.29) is 36.7 Å². The molecule has 2 N–H and O–H groups in total. The fourth-order valence-corrected chi connectivity index (χ4v) is 5.69. The molecule has 7 nitrogen and oxygen atoms in total. The van der Waals surface area contributed by atoms with Crippen LogP contribution in [0.5, 0.6) is 5.75 Å². The Balaban J connectivity index is 2.22. The molecule has 3 atom stereocenters. The number of urea groups is 1. The summed E-state index contributed by atoms with van der Waals surface area (Å²) in [4.78, 5) is 31.8. The van der Waals surface area contributed by atoms with Crippen LogP contribution in [0, 0.1) is 6.92 Å². The lowest BCUT2D eigenvalue weighted by Crippen LogP contribution is -2.68. The minimum atomic E-state index is -1.19. The number of fused-ring (bicyclic) bond motifs is 1. The molecule has 2 fully saturated rings. The Morgan fingerprint density at radius 3 is 2.48 bits per heavy atom. The highest BCUT2D eigenvalue weighted by atomic mass is 16.3. The van der Waals surface area contributed by atoms with Gasteiger partial charge in [-0.15, -0.1) is 0 Å². The summed E-state index contributed by atoms with van der Waals surface area (Å²) in [6.07, 6.45) is 1.71. The van der Waals surface area contributed by atoms with Crippen molar-refractivity contribution in [2.45, 2.75) is 70.4 Å². The van der Waals surface area contributed by atoms with Crippen LogP contribution >= 0.6 is 0 Å². The number of imide groups is 1. The number of likely N-dealkylation sites (tertiary alicyclic amines) is 1. The van der Waals surface area contributed by atoms with Crippen molar-refractivity contribution in [3.63, 3.8) is 0 Å². The summed E-state index contributed by atoms with van der Waals surface area (Å²) in [6.45, 7) is 9.71. The molecule has 2 aliphatic heterocycles. The number of amides is 3. The van der Waals surface area contributed by atoms with Gasteiger partial charge >= 0.3 is 6.03 Å². The fraction of sp³-hybridized carbons (Fsp3) is 0.667. The first-order chi connectivity index (χ1) is 14.6. The Morgan fingerprint density at radius 1 is 1.13 bits per heavy atom. The van der Waals surface area contributed by atoms with E-state index in [2.05, 4.69) is 4.90 Å². The van der Waals surface area contributed by atoms with Gasteiger partial charge < -0.3 is 20.0 Å². The third-order valence-corrected chi connectivity index (χ3v) is 7.75. The fourth-order valence-electron chi connectivity index (χ4n) is 5.69. The quantitative estimate of drug-likeness (QED) is 0.769. The molecule has 1 aromatic carbocycles. The van der Waals surface area contributed by atoms with Crippen LogP contribution in [0.4, 0.5) is 4.79 Å². The largest absolute Gasteiger partial charge is 0.508 e. The van der Waals surface area contributed by atoms with Crippen molar-refractivity contribution in [2.24, 2.45) is 0 Å². The minimum absolute atomic E-state index is 0.0309. The first-order valence-corrected chi connectivity index (χ1v) is 11.4. The minimum Gasteiger partial charge on any atom is -0.508 e. The van der Waals surface area contributed by atoms with Crippen LogP contribution < -0.4 is 0 Å². The summed E-state index contributed by atoms with van der Waals surface area (Å²) in [6, 6.07) is 4.73. The van der Waals surface area contributed by atoms with E-state index in [1.165, 1.54) is 4.90 Å². The zero-order valence-electron chi connectivity index (χ0n) is 19.5. The molecule has 31 heavy (non-hydrogen) atoms. The lowest BCUT2D eigenvalue weighted by Gasteiger charge is -2.58. The number of nitrogens with zero attached hydrogens (tertiary/aromatic N) is 3. The van der Waals surface area contributed by atoms with Gasteiger partial charge in [0, 0.05) is 37.5 Å². The second-order valence-corrected chi connectivity index (χ2v) is 9.19. The predicted molar refractivity (Wildman–Crippen MR) is 120 cm³/mol. The van der Waals surface area contributed by atoms with Crippen molar-refractivity contribution in [3.8, 4) is 5.75 Å². The maximum absolute atomic E-state index is 13.6. The smallest absolute Gasteiger partial charge is 0.326 e. The average Bonchev–Trinajstić information content (AvgIpc) is 2.73. The number of likely N-dealkylation sites (N-methyl/N-ethyl adjacent to an activating group) is 1. The second kappa shape index (κ2) is 8.79. The Kier molecular flexibility index (Phi) is 6.67. The van der Waals surface area contributed by atoms with Gasteiger partial charge in [0.25, 0.3) is 0 Å². The maximum Gasteiger partial charge on any atom is 0.326 e. The van der Waals surface area contributed by atoms with Crippen molar-refractivity contribution >= 4 is 11.9 Å². The zero-order chi connectivity index (χ0) is 23.0. The molecule has 0 aromatic heterocycles. The molecule has 1 aromatic rings. The van der Waals surface area contributed by atoms with Gasteiger partial charge in [0.05, 0.1) is 5.60 Å². The van der Waals surface area contributed by atoms with Gasteiger partial charge in [-0.2, -0.15) is 0 Å². The molecular weight excluding hydrogens is 394 g/mol. The van der Waals surface area contributed by atoms with Crippen LogP contribution in [0.3, 0.4) is 0 Å². The van der Waals surface area contributed by atoms with Gasteiger partial charge in [-0.3, -0.25) is 9.69 Å². The zero-order valence-corrected chi connectivity index (χ0v) is 19.5. The topological polar surface area (TPSA) is 84.3 Å². The van der Waals surface area contributed by atoms with Crippen LogP contribution in [0.25, 0.3) is 0 Å². The summed E-state index contributed by atoms with van der Waals surface area (Å²) < 4.78 is 0. The number of phenolic OH excluding ortho intramolecular Hbond substituents is 1. The number of rotatable bonds is 3. The third kappa shape index (κ3) is 3.82. The van der Waals surface area contributed by atoms with E-state index in [0.29, 0.717) is 38.9 Å². The molecule has 2 saturated heterocycles. The van der Waals surface area contributed by atoms with Crippen molar-refractivity contribution in [1.29, 1.82) is 0 Å². The summed E-state index contributed by atoms with van der Waals surface area (Å²) >= 11 is 0. The molecular formula is C24H37N3O4. The van der Waals surface area contributed by atoms with Gasteiger partial charge in [0.1, 0.15) is 5.75 Å². The molecule has 7 heteroatoms. The number of hydrogen-bond donors (Lipinski definition) is 2. The van der Waals surface area contributed by atoms with Crippen LogP contribution in [0.15, 0.2) is 18.2 Å². The molecule has 3 rings (SSSR count). The normalized spacial score (nSPS) is 31.0. The lowest BCUT2D eigenvalue weighted by molar-refractivity contribution is -0.153. The highest BCUT2D eigenvalue weighted by molar-refractivity contribution is 5.95. The third-order valence-electron chi connectivity index (χ3n) is 7.75. The molecule has 0 saturated carbocycles. The van der Waals surface area contributed by atoms with Crippen molar-refractivity contribution in [1.82, 2.24) is 14.7 Å². The number of carbonyl (C=O) groups is 2. The molecule has 3 amide bonds. The molecule has 0 spiro atoms. The van der Waals surface area contributed by atoms with Crippen LogP contribution in [-0.2, 0) is 10.2 Å². The first kappa shape index (κ1) is 23.5. The Morgan fingerprint density at radius 2 is 1.84 bits per heavy atom. The van der Waals surface area contributed by atoms with Gasteiger partial charge in [-0.25, -0.2) is 4.79 Å². The Hall–Kier alpha value is -2.12. The molecule has 2 heterocycles. The molecule has 0 aliphatic carbocycles. The van der Waals surface area contributed by atoms with E-state index in [9.17, 15) is 19.8 Å². The van der Waals surface area contributed by atoms with Gasteiger partial charge in [0.2, 0.25) is 5.91 Å². The highest BCUT2D eigenvalue weighted by Gasteiger charge is 2.59. The Bertz CT molecular complexity index is 844. The molecule has 172 valence electrons. The molecule has 2 aliphatic rings. The SMILES string of the molecule is CCN1CCC[C@@]2(O)[C@@H](C)N(C)CC[C@]2(c2cc(O)ccc2C)CC(=O)N(CC)C1=O. The molecule has 0 radical (unpaired) electrons. The number of aliphatic hydroxyl groups is 1. The monoisotopic (exact) mass is 431 g/mol. The summed E-state index contributed by atoms with van der Waals surface area (Å²) in [5, 5.41) is 22.7. The summed E-state index contributed by atoms with van der Waals surface area (Å²) in [5.74, 6) is -0.153. The summed E-state index contributed by atoms with van der Waals surface area (Å²) in [7, 11) is 2.00. The van der Waals surface area contributed by atoms with Crippen molar-refractivity contribution in [3.05, 3.63) is 29.3 Å². The standard InChI is InChI=1S/C24H37N3O4/c1-6-26-13-8-11-24(31)18(4)25(5)14-12-23(24,16-21(29)27(7-2)22(26)30)20-15-19(28)10-9-17(20)3/h9-10,15,18,28,31H,6-8,11-14,16H2,1-5H3/t18-,23-,24-/m1/s1. The van der Waals surface area contributed by atoms with E-state index in [0.717, 1.165) is 11.1 Å². The van der Waals surface area contributed by atoms with E-state index < -0.39 is 11.0 Å². The molecule has 0 unspecified atom stereocenters. The number of benzene rings is 1. The predicted octanol–water partition coefficient (Wildman–Crippen LogP) is 2.87. The number of aromatic hydroxyl groups is 1. The van der Waals surface area contributed by atoms with E-state index in [1.54, 1.807) is 17.0 Å². The number of carbonyl (C=O) groups excluding carboxylic acids is 2. The number of piperidine rings is 1. The van der Waals surface area contributed by atoms with E-state index in [4.69, 9.17) is 0 Å². The van der Waals surface area contributed by atoms with E-state index in [1.807, 2.05) is 40.8 Å². The van der Waals surface area contributed by atoms with E-state index >= 15 is 0 Å². The average molecular weight is 432 g/mol. The lowest BCUT2D eigenvalue weighted by atomic mass is 9.56. The Labute approximate surface area is 185 Å². The van der Waals surface area contributed by atoms with Crippen LogP contribution in [-0.4, -0.2) is 81.7 Å². The molecule has 0 bridgehead atoms. The van der Waals surface area contributed by atoms with Crippen molar-refractivity contribution < 1.29 is 19.8 Å². The number of phenols is 1. The second-order valence-electron chi connectivity index (χ2n) is 9.19. The number of hydrogen-bond acceptors (Lipinski definition) is 5. The van der Waals surface area contributed by atoms with Crippen LogP contribution in [0.1, 0.15) is 57.6 Å². The highest BCUT2D eigenvalue weighted by Crippen LogP contribution is 2.52. The number of aryl methyl sites for hydroxylation is 1. The van der Waals surface area contributed by atoms with Gasteiger partial charge in [-0.05, 0) is 83.8 Å². The summed E-state index contributed by atoms with van der Waals surface area (Å²) in [5.41, 5.74) is -0.337. The first-order valence-electron chi connectivity index (χ1n) is 11.4. The van der Waals surface area contributed by atoms with Crippen LogP contribution in [0.2, 0.25) is 0 Å². The maximum atomic E-state index is 13.6.